The van der Waals surface area contributed by atoms with Crippen LogP contribution in [-0.2, 0) is 4.74 Å². The summed E-state index contributed by atoms with van der Waals surface area (Å²) < 4.78 is 9.13. The first-order chi connectivity index (χ1) is 15.3. The second kappa shape index (κ2) is 7.40. The molecule has 10 nitrogen and oxygen atoms in total. The van der Waals surface area contributed by atoms with Crippen LogP contribution in [0.5, 0.6) is 0 Å². The topological polar surface area (TPSA) is 108 Å². The molecule has 0 atom stereocenters. The Hall–Kier alpha value is -3.92. The largest absolute Gasteiger partial charge is 0.381 e. The standard InChI is InChI=1S/C21H19N9O/c1-2-14-10-17(3-4-18(14)22-7-1)30-20-19(27-28-30)12-23-21(26-20)25-15-11-24-29(13-15)16-5-8-31-9-6-16/h1-4,7,10-13,16H,5-6,8-9H2,(H,23,25,26). The van der Waals surface area contributed by atoms with Crippen LogP contribution in [-0.4, -0.2) is 52.9 Å². The van der Waals surface area contributed by atoms with Gasteiger partial charge in [0.05, 0.1) is 35.3 Å². The monoisotopic (exact) mass is 413 g/mol. The highest BCUT2D eigenvalue weighted by molar-refractivity contribution is 5.81. The van der Waals surface area contributed by atoms with E-state index in [4.69, 9.17) is 4.74 Å². The zero-order valence-corrected chi connectivity index (χ0v) is 16.6. The van der Waals surface area contributed by atoms with Gasteiger partial charge < -0.3 is 10.1 Å². The number of pyridine rings is 1. The Balaban J connectivity index is 1.31. The minimum atomic E-state index is 0.362. The third kappa shape index (κ3) is 3.36. The Labute approximate surface area is 176 Å². The van der Waals surface area contributed by atoms with Gasteiger partial charge in [-0.1, -0.05) is 11.3 Å². The molecule has 10 heteroatoms. The maximum atomic E-state index is 5.43. The summed E-state index contributed by atoms with van der Waals surface area (Å²) >= 11 is 0. The smallest absolute Gasteiger partial charge is 0.229 e. The predicted octanol–water partition coefficient (Wildman–Crippen LogP) is 3.05. The molecule has 0 unspecified atom stereocenters. The van der Waals surface area contributed by atoms with Crippen LogP contribution in [0.25, 0.3) is 27.8 Å². The van der Waals surface area contributed by atoms with E-state index in [0.717, 1.165) is 48.3 Å². The molecule has 4 aromatic heterocycles. The maximum Gasteiger partial charge on any atom is 0.229 e. The number of hydrogen-bond donors (Lipinski definition) is 1. The zero-order valence-electron chi connectivity index (χ0n) is 16.6. The molecule has 0 saturated carbocycles. The fourth-order valence-electron chi connectivity index (χ4n) is 3.84. The Morgan fingerprint density at radius 1 is 1.03 bits per heavy atom. The summed E-state index contributed by atoms with van der Waals surface area (Å²) in [6.45, 7) is 1.55. The van der Waals surface area contributed by atoms with Crippen molar-refractivity contribution in [2.75, 3.05) is 18.5 Å². The number of anilines is 2. The molecule has 5 aromatic rings. The first-order valence-corrected chi connectivity index (χ1v) is 10.2. The van der Waals surface area contributed by atoms with Crippen LogP contribution in [0, 0.1) is 0 Å². The van der Waals surface area contributed by atoms with Crippen LogP contribution >= 0.6 is 0 Å². The van der Waals surface area contributed by atoms with Crippen molar-refractivity contribution in [3.05, 3.63) is 55.1 Å². The Morgan fingerprint density at radius 2 is 1.97 bits per heavy atom. The zero-order chi connectivity index (χ0) is 20.6. The molecule has 0 spiro atoms. The molecule has 1 aliphatic heterocycles. The summed E-state index contributed by atoms with van der Waals surface area (Å²) in [5, 5.41) is 17.2. The van der Waals surface area contributed by atoms with E-state index in [1.54, 1.807) is 23.3 Å². The first kappa shape index (κ1) is 17.9. The molecule has 0 aliphatic carbocycles. The third-order valence-corrected chi connectivity index (χ3v) is 5.45. The summed E-state index contributed by atoms with van der Waals surface area (Å²) in [4.78, 5) is 13.4. The summed E-state index contributed by atoms with van der Waals surface area (Å²) in [5.41, 5.74) is 3.86. The fourth-order valence-corrected chi connectivity index (χ4v) is 3.84. The Kier molecular flexibility index (Phi) is 4.27. The Bertz CT molecular complexity index is 1370. The summed E-state index contributed by atoms with van der Waals surface area (Å²) in [5.74, 6) is 0.463. The van der Waals surface area contributed by atoms with Crippen LogP contribution in [0.4, 0.5) is 11.6 Å². The van der Waals surface area contributed by atoms with E-state index in [-0.39, 0.29) is 0 Å². The van der Waals surface area contributed by atoms with E-state index < -0.39 is 0 Å². The molecular formula is C21H19N9O. The number of rotatable bonds is 4. The molecule has 5 heterocycles. The number of fused-ring (bicyclic) bond motifs is 2. The lowest BCUT2D eigenvalue weighted by Crippen LogP contribution is -2.19. The highest BCUT2D eigenvalue weighted by atomic mass is 16.5. The van der Waals surface area contributed by atoms with Gasteiger partial charge in [0, 0.05) is 31.0 Å². The number of hydrogen-bond acceptors (Lipinski definition) is 8. The molecule has 154 valence electrons. The normalized spacial score (nSPS) is 15.0. The number of aromatic nitrogens is 8. The van der Waals surface area contributed by atoms with Gasteiger partial charge in [-0.3, -0.25) is 9.67 Å². The minimum absolute atomic E-state index is 0.362. The second-order valence-electron chi connectivity index (χ2n) is 7.46. The van der Waals surface area contributed by atoms with Crippen molar-refractivity contribution in [1.82, 2.24) is 39.7 Å². The average Bonchev–Trinajstić information content (AvgIpc) is 3.46. The summed E-state index contributed by atoms with van der Waals surface area (Å²) in [6, 6.07) is 10.2. The molecule has 0 bridgehead atoms. The first-order valence-electron chi connectivity index (χ1n) is 10.2. The van der Waals surface area contributed by atoms with E-state index in [1.807, 2.05) is 41.2 Å². The highest BCUT2D eigenvalue weighted by Gasteiger charge is 2.17. The third-order valence-electron chi connectivity index (χ3n) is 5.45. The van der Waals surface area contributed by atoms with Crippen molar-refractivity contribution < 1.29 is 4.74 Å². The van der Waals surface area contributed by atoms with Crippen molar-refractivity contribution in [2.24, 2.45) is 0 Å². The molecule has 1 aliphatic rings. The predicted molar refractivity (Wildman–Crippen MR) is 114 cm³/mol. The summed E-state index contributed by atoms with van der Waals surface area (Å²) in [7, 11) is 0. The second-order valence-corrected chi connectivity index (χ2v) is 7.46. The van der Waals surface area contributed by atoms with Crippen LogP contribution in [0.1, 0.15) is 18.9 Å². The van der Waals surface area contributed by atoms with E-state index >= 15 is 0 Å². The molecule has 1 fully saturated rings. The fraction of sp³-hybridized carbons (Fsp3) is 0.238. The minimum Gasteiger partial charge on any atom is -0.381 e. The SMILES string of the molecule is c1cnc2ccc(-n3nnc4cnc(Nc5cnn(C6CCOCC6)c5)nc43)cc2c1. The number of nitrogens with one attached hydrogen (secondary N) is 1. The van der Waals surface area contributed by atoms with Gasteiger partial charge in [-0.05, 0) is 37.1 Å². The summed E-state index contributed by atoms with van der Waals surface area (Å²) in [6.07, 6.45) is 9.15. The van der Waals surface area contributed by atoms with Gasteiger partial charge in [0.25, 0.3) is 0 Å². The van der Waals surface area contributed by atoms with E-state index in [9.17, 15) is 0 Å². The molecule has 31 heavy (non-hydrogen) atoms. The van der Waals surface area contributed by atoms with Gasteiger partial charge in [0.2, 0.25) is 5.95 Å². The van der Waals surface area contributed by atoms with Crippen LogP contribution in [0.15, 0.2) is 55.1 Å². The number of nitrogens with zero attached hydrogens (tertiary/aromatic N) is 8. The highest BCUT2D eigenvalue weighted by Crippen LogP contribution is 2.23. The van der Waals surface area contributed by atoms with Crippen molar-refractivity contribution in [1.29, 1.82) is 0 Å². The number of ether oxygens (including phenoxy) is 1. The van der Waals surface area contributed by atoms with Gasteiger partial charge in [0.15, 0.2) is 11.2 Å². The van der Waals surface area contributed by atoms with Crippen molar-refractivity contribution in [3.63, 3.8) is 0 Å². The van der Waals surface area contributed by atoms with Crippen LogP contribution < -0.4 is 5.32 Å². The molecule has 1 saturated heterocycles. The van der Waals surface area contributed by atoms with Crippen molar-refractivity contribution in [2.45, 2.75) is 18.9 Å². The molecule has 0 amide bonds. The van der Waals surface area contributed by atoms with Crippen LogP contribution in [0.3, 0.4) is 0 Å². The molecular weight excluding hydrogens is 394 g/mol. The lowest BCUT2D eigenvalue weighted by Gasteiger charge is -2.22. The lowest BCUT2D eigenvalue weighted by atomic mass is 10.1. The number of benzene rings is 1. The average molecular weight is 413 g/mol. The van der Waals surface area contributed by atoms with Crippen molar-refractivity contribution >= 4 is 33.7 Å². The molecule has 0 radical (unpaired) electrons. The quantitative estimate of drug-likeness (QED) is 0.479. The van der Waals surface area contributed by atoms with Gasteiger partial charge >= 0.3 is 0 Å². The molecule has 1 N–H and O–H groups in total. The Morgan fingerprint density at radius 3 is 2.90 bits per heavy atom. The van der Waals surface area contributed by atoms with E-state index in [0.29, 0.717) is 23.2 Å². The van der Waals surface area contributed by atoms with Crippen molar-refractivity contribution in [3.8, 4) is 5.69 Å². The van der Waals surface area contributed by atoms with E-state index in [1.165, 1.54) is 0 Å². The maximum absolute atomic E-state index is 5.43. The van der Waals surface area contributed by atoms with Gasteiger partial charge in [-0.2, -0.15) is 14.8 Å². The van der Waals surface area contributed by atoms with Gasteiger partial charge in [-0.25, -0.2) is 4.98 Å². The van der Waals surface area contributed by atoms with Crippen LogP contribution in [0.2, 0.25) is 0 Å². The molecule has 1 aromatic carbocycles. The van der Waals surface area contributed by atoms with Gasteiger partial charge in [-0.15, -0.1) is 5.10 Å². The van der Waals surface area contributed by atoms with E-state index in [2.05, 4.69) is 35.7 Å². The molecule has 6 rings (SSSR count). The van der Waals surface area contributed by atoms with Gasteiger partial charge in [0.1, 0.15) is 0 Å². The lowest BCUT2D eigenvalue weighted by molar-refractivity contribution is 0.0662.